The number of hydrogen-bond acceptors (Lipinski definition) is 5. The van der Waals surface area contributed by atoms with Crippen LogP contribution in [0.2, 0.25) is 0 Å². The van der Waals surface area contributed by atoms with Crippen molar-refractivity contribution in [2.75, 3.05) is 25.1 Å². The highest BCUT2D eigenvalue weighted by atomic mass is 16.6. The summed E-state index contributed by atoms with van der Waals surface area (Å²) < 4.78 is 5.03. The molecule has 0 amide bonds. The molecule has 7 heteroatoms. The molecule has 0 radical (unpaired) electrons. The van der Waals surface area contributed by atoms with Gasteiger partial charge in [-0.1, -0.05) is 0 Å². The van der Waals surface area contributed by atoms with Gasteiger partial charge in [0.05, 0.1) is 24.0 Å². The van der Waals surface area contributed by atoms with Crippen LogP contribution in [0.15, 0.2) is 18.2 Å². The summed E-state index contributed by atoms with van der Waals surface area (Å²) in [7, 11) is 1.44. The van der Waals surface area contributed by atoms with Crippen LogP contribution < -0.4 is 9.64 Å². The Labute approximate surface area is 109 Å². The Morgan fingerprint density at radius 1 is 1.53 bits per heavy atom. The number of nitrogens with zero attached hydrogens (tertiary/aromatic N) is 2. The molecule has 0 spiro atoms. The van der Waals surface area contributed by atoms with E-state index in [1.54, 1.807) is 6.07 Å². The number of rotatable bonds is 4. The van der Waals surface area contributed by atoms with Gasteiger partial charge in [0.25, 0.3) is 5.69 Å². The second-order valence-electron chi connectivity index (χ2n) is 4.42. The Balaban J connectivity index is 2.27. The van der Waals surface area contributed by atoms with Gasteiger partial charge < -0.3 is 14.7 Å². The summed E-state index contributed by atoms with van der Waals surface area (Å²) >= 11 is 0. The maximum absolute atomic E-state index is 10.9. The van der Waals surface area contributed by atoms with E-state index in [9.17, 15) is 14.9 Å². The summed E-state index contributed by atoms with van der Waals surface area (Å²) in [6.45, 7) is 0.931. The highest BCUT2D eigenvalue weighted by molar-refractivity contribution is 5.72. The number of anilines is 1. The first-order chi connectivity index (χ1) is 9.01. The standard InChI is InChI=1S/C12H14N2O5/c1-19-11-5-9(4-10(6-11)14(17)18)13-3-2-8(7-13)12(15)16/h4-6,8H,2-3,7H2,1H3,(H,15,16). The van der Waals surface area contributed by atoms with Gasteiger partial charge in [0, 0.05) is 30.9 Å². The minimum Gasteiger partial charge on any atom is -0.496 e. The summed E-state index contributed by atoms with van der Waals surface area (Å²) in [5.41, 5.74) is 0.558. The quantitative estimate of drug-likeness (QED) is 0.656. The van der Waals surface area contributed by atoms with E-state index in [1.165, 1.54) is 19.2 Å². The molecular formula is C12H14N2O5. The van der Waals surface area contributed by atoms with Crippen LogP contribution >= 0.6 is 0 Å². The zero-order valence-electron chi connectivity index (χ0n) is 10.4. The predicted octanol–water partition coefficient (Wildman–Crippen LogP) is 1.51. The average Bonchev–Trinajstić information content (AvgIpc) is 2.87. The molecule has 1 aromatic rings. The molecule has 1 saturated heterocycles. The number of aliphatic carboxylic acids is 1. The van der Waals surface area contributed by atoms with Crippen LogP contribution in [-0.2, 0) is 4.79 Å². The summed E-state index contributed by atoms with van der Waals surface area (Å²) in [5.74, 6) is -0.867. The molecule has 0 bridgehead atoms. The third-order valence-corrected chi connectivity index (χ3v) is 3.23. The zero-order chi connectivity index (χ0) is 14.0. The van der Waals surface area contributed by atoms with E-state index in [4.69, 9.17) is 9.84 Å². The van der Waals surface area contributed by atoms with Crippen LogP contribution in [0, 0.1) is 16.0 Å². The molecule has 1 atom stereocenters. The van der Waals surface area contributed by atoms with Crippen molar-refractivity contribution in [1.29, 1.82) is 0 Å². The molecule has 1 aliphatic rings. The topological polar surface area (TPSA) is 92.9 Å². The normalized spacial score (nSPS) is 18.4. The predicted molar refractivity (Wildman–Crippen MR) is 67.6 cm³/mol. The Bertz CT molecular complexity index is 517. The van der Waals surface area contributed by atoms with Crippen LogP contribution in [0.25, 0.3) is 0 Å². The van der Waals surface area contributed by atoms with Gasteiger partial charge in [-0.3, -0.25) is 14.9 Å². The van der Waals surface area contributed by atoms with Crippen molar-refractivity contribution in [1.82, 2.24) is 0 Å². The van der Waals surface area contributed by atoms with Gasteiger partial charge >= 0.3 is 5.97 Å². The van der Waals surface area contributed by atoms with Gasteiger partial charge in [-0.15, -0.1) is 0 Å². The van der Waals surface area contributed by atoms with Crippen LogP contribution in [0.3, 0.4) is 0 Å². The first-order valence-corrected chi connectivity index (χ1v) is 5.82. The number of carboxylic acids is 1. The third kappa shape index (κ3) is 2.75. The fourth-order valence-corrected chi connectivity index (χ4v) is 2.17. The summed E-state index contributed by atoms with van der Waals surface area (Å²) in [4.78, 5) is 23.1. The maximum Gasteiger partial charge on any atom is 0.308 e. The fraction of sp³-hybridized carbons (Fsp3) is 0.417. The summed E-state index contributed by atoms with van der Waals surface area (Å²) in [5, 5.41) is 19.8. The monoisotopic (exact) mass is 266 g/mol. The van der Waals surface area contributed by atoms with E-state index < -0.39 is 16.8 Å². The van der Waals surface area contributed by atoms with Crippen LogP contribution in [0.1, 0.15) is 6.42 Å². The molecule has 0 aliphatic carbocycles. The number of hydrogen-bond donors (Lipinski definition) is 1. The lowest BCUT2D eigenvalue weighted by atomic mass is 10.1. The van der Waals surface area contributed by atoms with Crippen molar-refractivity contribution in [3.05, 3.63) is 28.3 Å². The second kappa shape index (κ2) is 5.13. The Morgan fingerprint density at radius 2 is 2.26 bits per heavy atom. The number of benzene rings is 1. The summed E-state index contributed by atoms with van der Waals surface area (Å²) in [6.07, 6.45) is 0.542. The molecule has 1 heterocycles. The van der Waals surface area contributed by atoms with Gasteiger partial charge in [-0.25, -0.2) is 0 Å². The molecule has 1 fully saturated rings. The lowest BCUT2D eigenvalue weighted by Crippen LogP contribution is -2.22. The SMILES string of the molecule is COc1cc(N2CCC(C(=O)O)C2)cc([N+](=O)[O-])c1. The van der Waals surface area contributed by atoms with E-state index in [0.29, 0.717) is 30.9 Å². The van der Waals surface area contributed by atoms with E-state index in [-0.39, 0.29) is 5.69 Å². The Hall–Kier alpha value is -2.31. The van der Waals surface area contributed by atoms with E-state index in [1.807, 2.05) is 4.90 Å². The maximum atomic E-state index is 10.9. The average molecular weight is 266 g/mol. The third-order valence-electron chi connectivity index (χ3n) is 3.23. The molecule has 2 rings (SSSR count). The number of carboxylic acid groups (broad SMARTS) is 1. The smallest absolute Gasteiger partial charge is 0.308 e. The van der Waals surface area contributed by atoms with Gasteiger partial charge in [0.1, 0.15) is 5.75 Å². The van der Waals surface area contributed by atoms with Crippen LogP contribution in [-0.4, -0.2) is 36.2 Å². The van der Waals surface area contributed by atoms with Gasteiger partial charge in [-0.2, -0.15) is 0 Å². The van der Waals surface area contributed by atoms with E-state index >= 15 is 0 Å². The molecule has 1 aromatic carbocycles. The number of non-ortho nitro benzene ring substituents is 1. The zero-order valence-corrected chi connectivity index (χ0v) is 10.4. The minimum atomic E-state index is -0.833. The van der Waals surface area contributed by atoms with Crippen molar-refractivity contribution in [3.63, 3.8) is 0 Å². The Morgan fingerprint density at radius 3 is 2.79 bits per heavy atom. The summed E-state index contributed by atoms with van der Waals surface area (Å²) in [6, 6.07) is 4.46. The molecule has 0 aromatic heterocycles. The first kappa shape index (κ1) is 13.1. The van der Waals surface area contributed by atoms with Crippen LogP contribution in [0.5, 0.6) is 5.75 Å². The first-order valence-electron chi connectivity index (χ1n) is 5.82. The largest absolute Gasteiger partial charge is 0.496 e. The number of ether oxygens (including phenoxy) is 1. The molecule has 1 unspecified atom stereocenters. The van der Waals surface area contributed by atoms with Crippen molar-refractivity contribution in [2.24, 2.45) is 5.92 Å². The highest BCUT2D eigenvalue weighted by Crippen LogP contribution is 2.31. The van der Waals surface area contributed by atoms with Gasteiger partial charge in [0.15, 0.2) is 0 Å². The molecule has 0 saturated carbocycles. The second-order valence-corrected chi connectivity index (χ2v) is 4.42. The molecule has 1 aliphatic heterocycles. The van der Waals surface area contributed by atoms with Gasteiger partial charge in [0.2, 0.25) is 0 Å². The number of methoxy groups -OCH3 is 1. The van der Waals surface area contributed by atoms with Gasteiger partial charge in [-0.05, 0) is 6.42 Å². The molecule has 19 heavy (non-hydrogen) atoms. The lowest BCUT2D eigenvalue weighted by Gasteiger charge is -2.18. The highest BCUT2D eigenvalue weighted by Gasteiger charge is 2.29. The van der Waals surface area contributed by atoms with Crippen molar-refractivity contribution < 1.29 is 19.6 Å². The van der Waals surface area contributed by atoms with E-state index in [0.717, 1.165) is 0 Å². The number of nitro benzene ring substituents is 1. The van der Waals surface area contributed by atoms with Crippen molar-refractivity contribution in [3.8, 4) is 5.75 Å². The van der Waals surface area contributed by atoms with Crippen molar-refractivity contribution >= 4 is 17.3 Å². The Kier molecular flexibility index (Phi) is 3.55. The number of carbonyl (C=O) groups is 1. The minimum absolute atomic E-state index is 0.0619. The van der Waals surface area contributed by atoms with E-state index in [2.05, 4.69) is 0 Å². The molecule has 1 N–H and O–H groups in total. The lowest BCUT2D eigenvalue weighted by molar-refractivity contribution is -0.384. The van der Waals surface area contributed by atoms with Crippen LogP contribution in [0.4, 0.5) is 11.4 Å². The number of nitro groups is 1. The molecule has 102 valence electrons. The van der Waals surface area contributed by atoms with Crippen molar-refractivity contribution in [2.45, 2.75) is 6.42 Å². The molecule has 7 nitrogen and oxygen atoms in total. The molecular weight excluding hydrogens is 252 g/mol. The fourth-order valence-electron chi connectivity index (χ4n) is 2.17.